The van der Waals surface area contributed by atoms with Gasteiger partial charge in [-0.25, -0.2) is 0 Å². The number of para-hydroxylation sites is 1. The SMILES string of the molecule is CC(C)COc1ccccc1CCCN1CCNCC1. The summed E-state index contributed by atoms with van der Waals surface area (Å²) in [5, 5.41) is 3.40. The number of aryl methyl sites for hydroxylation is 1. The number of nitrogens with one attached hydrogen (secondary N) is 1. The predicted octanol–water partition coefficient (Wildman–Crippen LogP) is 2.56. The van der Waals surface area contributed by atoms with E-state index < -0.39 is 0 Å². The molecule has 2 rings (SSSR count). The zero-order valence-electron chi connectivity index (χ0n) is 12.9. The van der Waals surface area contributed by atoms with Gasteiger partial charge in [0.2, 0.25) is 0 Å². The molecule has 1 saturated heterocycles. The zero-order chi connectivity index (χ0) is 14.2. The highest BCUT2D eigenvalue weighted by Crippen LogP contribution is 2.20. The highest BCUT2D eigenvalue weighted by atomic mass is 16.5. The Labute approximate surface area is 123 Å². The Kier molecular flexibility index (Phi) is 6.34. The molecule has 0 aliphatic carbocycles. The van der Waals surface area contributed by atoms with Crippen molar-refractivity contribution in [3.8, 4) is 5.75 Å². The van der Waals surface area contributed by atoms with Crippen LogP contribution < -0.4 is 10.1 Å². The molecule has 0 bridgehead atoms. The van der Waals surface area contributed by atoms with Gasteiger partial charge in [0, 0.05) is 26.2 Å². The molecular weight excluding hydrogens is 248 g/mol. The maximum absolute atomic E-state index is 5.92. The van der Waals surface area contributed by atoms with Crippen LogP contribution in [-0.4, -0.2) is 44.2 Å². The van der Waals surface area contributed by atoms with Gasteiger partial charge in [0.25, 0.3) is 0 Å². The van der Waals surface area contributed by atoms with Crippen molar-refractivity contribution in [1.29, 1.82) is 0 Å². The number of rotatable bonds is 7. The van der Waals surface area contributed by atoms with E-state index in [9.17, 15) is 0 Å². The van der Waals surface area contributed by atoms with Gasteiger partial charge in [-0.15, -0.1) is 0 Å². The second kappa shape index (κ2) is 8.28. The maximum atomic E-state index is 5.92. The lowest BCUT2D eigenvalue weighted by Gasteiger charge is -2.27. The van der Waals surface area contributed by atoms with E-state index in [2.05, 4.69) is 48.3 Å². The monoisotopic (exact) mass is 276 g/mol. The van der Waals surface area contributed by atoms with Gasteiger partial charge in [-0.3, -0.25) is 0 Å². The number of benzene rings is 1. The molecule has 0 unspecified atom stereocenters. The van der Waals surface area contributed by atoms with Gasteiger partial charge >= 0.3 is 0 Å². The molecule has 20 heavy (non-hydrogen) atoms. The highest BCUT2D eigenvalue weighted by Gasteiger charge is 2.09. The molecule has 0 amide bonds. The molecule has 1 aromatic rings. The lowest BCUT2D eigenvalue weighted by atomic mass is 10.1. The van der Waals surface area contributed by atoms with Crippen molar-refractivity contribution in [3.63, 3.8) is 0 Å². The molecule has 1 aliphatic heterocycles. The Hall–Kier alpha value is -1.06. The smallest absolute Gasteiger partial charge is 0.122 e. The van der Waals surface area contributed by atoms with E-state index in [1.54, 1.807) is 0 Å². The van der Waals surface area contributed by atoms with Crippen molar-refractivity contribution >= 4 is 0 Å². The molecule has 112 valence electrons. The van der Waals surface area contributed by atoms with Crippen LogP contribution in [0.25, 0.3) is 0 Å². The van der Waals surface area contributed by atoms with Gasteiger partial charge in [0.1, 0.15) is 5.75 Å². The molecule has 0 aromatic heterocycles. The van der Waals surface area contributed by atoms with E-state index in [0.29, 0.717) is 5.92 Å². The number of nitrogens with zero attached hydrogens (tertiary/aromatic N) is 1. The summed E-state index contributed by atoms with van der Waals surface area (Å²) in [6.45, 7) is 11.0. The average Bonchev–Trinajstić information content (AvgIpc) is 2.47. The summed E-state index contributed by atoms with van der Waals surface area (Å²) >= 11 is 0. The molecule has 1 aliphatic rings. The fourth-order valence-corrected chi connectivity index (χ4v) is 2.54. The van der Waals surface area contributed by atoms with Gasteiger partial charge in [-0.2, -0.15) is 0 Å². The molecule has 1 heterocycles. The van der Waals surface area contributed by atoms with Crippen molar-refractivity contribution in [1.82, 2.24) is 10.2 Å². The standard InChI is InChI=1S/C17H28N2O/c1-15(2)14-20-17-8-4-3-6-16(17)7-5-11-19-12-9-18-10-13-19/h3-4,6,8,15,18H,5,7,9-14H2,1-2H3. The average molecular weight is 276 g/mol. The van der Waals surface area contributed by atoms with Gasteiger partial charge in [-0.1, -0.05) is 32.0 Å². The number of hydrogen-bond donors (Lipinski definition) is 1. The van der Waals surface area contributed by atoms with Crippen molar-refractivity contribution in [2.75, 3.05) is 39.3 Å². The van der Waals surface area contributed by atoms with E-state index in [0.717, 1.165) is 31.9 Å². The summed E-state index contributed by atoms with van der Waals surface area (Å²) in [6.07, 6.45) is 2.32. The third kappa shape index (κ3) is 5.14. The number of hydrogen-bond acceptors (Lipinski definition) is 3. The predicted molar refractivity (Wildman–Crippen MR) is 84.4 cm³/mol. The molecule has 0 saturated carbocycles. The van der Waals surface area contributed by atoms with Crippen LogP contribution in [-0.2, 0) is 6.42 Å². The van der Waals surface area contributed by atoms with Crippen LogP contribution >= 0.6 is 0 Å². The van der Waals surface area contributed by atoms with Gasteiger partial charge < -0.3 is 15.0 Å². The molecule has 0 spiro atoms. The van der Waals surface area contributed by atoms with Gasteiger partial charge in [-0.05, 0) is 36.9 Å². The molecule has 1 N–H and O–H groups in total. The van der Waals surface area contributed by atoms with E-state index >= 15 is 0 Å². The minimum atomic E-state index is 0.573. The van der Waals surface area contributed by atoms with Crippen LogP contribution in [0.15, 0.2) is 24.3 Å². The van der Waals surface area contributed by atoms with Gasteiger partial charge in [0.05, 0.1) is 6.61 Å². The van der Waals surface area contributed by atoms with Crippen LogP contribution in [0.2, 0.25) is 0 Å². The van der Waals surface area contributed by atoms with E-state index in [4.69, 9.17) is 4.74 Å². The Morgan fingerprint density at radius 1 is 1.20 bits per heavy atom. The Bertz CT molecular complexity index is 386. The Balaban J connectivity index is 1.79. The largest absolute Gasteiger partial charge is 0.493 e. The van der Waals surface area contributed by atoms with Crippen molar-refractivity contribution in [2.24, 2.45) is 5.92 Å². The molecule has 0 atom stereocenters. The minimum absolute atomic E-state index is 0.573. The molecule has 0 radical (unpaired) electrons. The molecule has 3 nitrogen and oxygen atoms in total. The van der Waals surface area contributed by atoms with Crippen molar-refractivity contribution in [3.05, 3.63) is 29.8 Å². The summed E-state index contributed by atoms with van der Waals surface area (Å²) in [5.74, 6) is 1.64. The fraction of sp³-hybridized carbons (Fsp3) is 0.647. The molecule has 3 heteroatoms. The second-order valence-electron chi connectivity index (χ2n) is 6.01. The summed E-state index contributed by atoms with van der Waals surface area (Å²) in [7, 11) is 0. The summed E-state index contributed by atoms with van der Waals surface area (Å²) < 4.78 is 5.92. The first-order valence-electron chi connectivity index (χ1n) is 7.89. The quantitative estimate of drug-likeness (QED) is 0.828. The first-order chi connectivity index (χ1) is 9.75. The first-order valence-corrected chi connectivity index (χ1v) is 7.89. The Morgan fingerprint density at radius 2 is 1.95 bits per heavy atom. The summed E-state index contributed by atoms with van der Waals surface area (Å²) in [4.78, 5) is 2.55. The second-order valence-corrected chi connectivity index (χ2v) is 6.01. The lowest BCUT2D eigenvalue weighted by molar-refractivity contribution is 0.237. The first kappa shape index (κ1) is 15.3. The van der Waals surface area contributed by atoms with Crippen LogP contribution in [0.1, 0.15) is 25.8 Å². The third-order valence-electron chi connectivity index (χ3n) is 3.67. The zero-order valence-corrected chi connectivity index (χ0v) is 12.9. The third-order valence-corrected chi connectivity index (χ3v) is 3.67. The van der Waals surface area contributed by atoms with Gasteiger partial charge in [0.15, 0.2) is 0 Å². The molecular formula is C17H28N2O. The topological polar surface area (TPSA) is 24.5 Å². The Morgan fingerprint density at radius 3 is 2.70 bits per heavy atom. The van der Waals surface area contributed by atoms with E-state index in [-0.39, 0.29) is 0 Å². The van der Waals surface area contributed by atoms with Crippen LogP contribution in [0.5, 0.6) is 5.75 Å². The minimum Gasteiger partial charge on any atom is -0.493 e. The van der Waals surface area contributed by atoms with E-state index in [1.165, 1.54) is 31.6 Å². The van der Waals surface area contributed by atoms with Crippen LogP contribution in [0, 0.1) is 5.92 Å². The van der Waals surface area contributed by atoms with Crippen molar-refractivity contribution < 1.29 is 4.74 Å². The summed E-state index contributed by atoms with van der Waals surface area (Å²) in [6, 6.07) is 8.48. The fourth-order valence-electron chi connectivity index (χ4n) is 2.54. The summed E-state index contributed by atoms with van der Waals surface area (Å²) in [5.41, 5.74) is 1.35. The van der Waals surface area contributed by atoms with E-state index in [1.807, 2.05) is 0 Å². The highest BCUT2D eigenvalue weighted by molar-refractivity contribution is 5.33. The molecule has 1 aromatic carbocycles. The van der Waals surface area contributed by atoms with Crippen LogP contribution in [0.3, 0.4) is 0 Å². The maximum Gasteiger partial charge on any atom is 0.122 e. The van der Waals surface area contributed by atoms with Crippen molar-refractivity contribution in [2.45, 2.75) is 26.7 Å². The normalized spacial score (nSPS) is 16.6. The number of piperazine rings is 1. The number of ether oxygens (including phenoxy) is 1. The molecule has 1 fully saturated rings. The lowest BCUT2D eigenvalue weighted by Crippen LogP contribution is -2.43. The van der Waals surface area contributed by atoms with Crippen LogP contribution in [0.4, 0.5) is 0 Å².